The molecule has 0 saturated heterocycles. The first kappa shape index (κ1) is 16.9. The van der Waals surface area contributed by atoms with Crippen molar-refractivity contribution < 1.29 is 9.84 Å². The molecule has 1 aromatic heterocycles. The summed E-state index contributed by atoms with van der Waals surface area (Å²) in [4.78, 5) is 4.51. The van der Waals surface area contributed by atoms with Gasteiger partial charge in [0.25, 0.3) is 5.19 Å². The predicted octanol–water partition coefficient (Wildman–Crippen LogP) is 5.49. The lowest BCUT2D eigenvalue weighted by Crippen LogP contribution is -2.23. The Morgan fingerprint density at radius 1 is 1.21 bits per heavy atom. The molecule has 2 aromatic carbocycles. The second-order valence-electron chi connectivity index (χ2n) is 6.50. The van der Waals surface area contributed by atoms with Gasteiger partial charge in [-0.3, -0.25) is 0 Å². The normalized spacial score (nSPS) is 13.8. The Bertz CT molecular complexity index is 806. The highest BCUT2D eigenvalue weighted by Gasteiger charge is 2.17. The molecule has 24 heavy (non-hydrogen) atoms. The molecular formula is C20H23NO2S. The van der Waals surface area contributed by atoms with Gasteiger partial charge in [-0.25, -0.2) is 4.98 Å². The molecule has 1 heterocycles. The Hall–Kier alpha value is -1.91. The molecule has 1 unspecified atom stereocenters. The summed E-state index contributed by atoms with van der Waals surface area (Å²) in [6.45, 7) is 5.95. The molecule has 0 radical (unpaired) electrons. The van der Waals surface area contributed by atoms with Crippen LogP contribution in [0.15, 0.2) is 42.5 Å². The van der Waals surface area contributed by atoms with E-state index in [9.17, 15) is 5.11 Å². The maximum absolute atomic E-state index is 10.1. The van der Waals surface area contributed by atoms with Crippen molar-refractivity contribution in [2.75, 3.05) is 0 Å². The number of aryl methyl sites for hydroxylation is 2. The largest absolute Gasteiger partial charge is 0.431 e. The number of benzene rings is 2. The smallest absolute Gasteiger partial charge is 0.279 e. The molecule has 0 aliphatic carbocycles. The molecule has 3 aromatic rings. The van der Waals surface area contributed by atoms with E-state index in [4.69, 9.17) is 4.74 Å². The van der Waals surface area contributed by atoms with Gasteiger partial charge in [-0.05, 0) is 62.4 Å². The summed E-state index contributed by atoms with van der Waals surface area (Å²) in [7, 11) is 0. The van der Waals surface area contributed by atoms with E-state index in [1.54, 1.807) is 11.3 Å². The minimum Gasteiger partial charge on any atom is -0.431 e. The number of hydrogen-bond donors (Lipinski definition) is 1. The number of para-hydroxylation sites is 1. The third kappa shape index (κ3) is 3.94. The topological polar surface area (TPSA) is 42.4 Å². The fourth-order valence-corrected chi connectivity index (χ4v) is 3.39. The van der Waals surface area contributed by atoms with Gasteiger partial charge < -0.3 is 9.84 Å². The Kier molecular flexibility index (Phi) is 4.88. The van der Waals surface area contributed by atoms with Gasteiger partial charge in [-0.1, -0.05) is 42.5 Å². The molecule has 4 heteroatoms. The first-order valence-electron chi connectivity index (χ1n) is 8.32. The highest BCUT2D eigenvalue weighted by Crippen LogP contribution is 2.33. The first-order valence-corrected chi connectivity index (χ1v) is 9.14. The van der Waals surface area contributed by atoms with Crippen molar-refractivity contribution in [1.29, 1.82) is 0 Å². The average Bonchev–Trinajstić information content (AvgIpc) is 2.98. The third-order valence-corrected chi connectivity index (χ3v) is 5.34. The van der Waals surface area contributed by atoms with E-state index < -0.39 is 5.60 Å². The van der Waals surface area contributed by atoms with Gasteiger partial charge >= 0.3 is 0 Å². The second-order valence-corrected chi connectivity index (χ2v) is 7.49. The van der Waals surface area contributed by atoms with Crippen LogP contribution >= 0.6 is 11.3 Å². The third-order valence-electron chi connectivity index (χ3n) is 4.42. The molecule has 0 aliphatic rings. The molecule has 1 N–H and O–H groups in total. The van der Waals surface area contributed by atoms with E-state index >= 15 is 0 Å². The van der Waals surface area contributed by atoms with Crippen LogP contribution in [-0.4, -0.2) is 15.7 Å². The zero-order valence-corrected chi connectivity index (χ0v) is 15.2. The van der Waals surface area contributed by atoms with Gasteiger partial charge in [0.15, 0.2) is 0 Å². The molecule has 3 rings (SSSR count). The van der Waals surface area contributed by atoms with Crippen LogP contribution in [0.4, 0.5) is 0 Å². The number of aromatic nitrogens is 1. The summed E-state index contributed by atoms with van der Waals surface area (Å²) in [5, 5.41) is 10.8. The van der Waals surface area contributed by atoms with Crippen LogP contribution in [-0.2, 0) is 6.42 Å². The lowest BCUT2D eigenvalue weighted by atomic mass is 9.94. The lowest BCUT2D eigenvalue weighted by Gasteiger charge is -2.21. The van der Waals surface area contributed by atoms with Gasteiger partial charge in [0.2, 0.25) is 0 Å². The maximum atomic E-state index is 10.1. The van der Waals surface area contributed by atoms with Crippen LogP contribution in [0, 0.1) is 6.92 Å². The van der Waals surface area contributed by atoms with E-state index in [1.807, 2.05) is 45.0 Å². The quantitative estimate of drug-likeness (QED) is 0.644. The molecule has 1 atom stereocenters. The summed E-state index contributed by atoms with van der Waals surface area (Å²) >= 11 is 1.56. The minimum absolute atomic E-state index is 0.593. The summed E-state index contributed by atoms with van der Waals surface area (Å²) in [6, 6.07) is 14.2. The summed E-state index contributed by atoms with van der Waals surface area (Å²) < 4.78 is 7.10. The SMILES string of the molecule is CCC(C)(O)CCc1ccc(Oc2nc3ccccc3s2)c(C)c1. The van der Waals surface area contributed by atoms with E-state index in [0.717, 1.165) is 40.8 Å². The van der Waals surface area contributed by atoms with Gasteiger partial charge in [0.1, 0.15) is 5.75 Å². The van der Waals surface area contributed by atoms with Crippen molar-refractivity contribution in [3.8, 4) is 10.9 Å². The Morgan fingerprint density at radius 3 is 2.71 bits per heavy atom. The summed E-state index contributed by atoms with van der Waals surface area (Å²) in [5.41, 5.74) is 2.68. The molecule has 126 valence electrons. The lowest BCUT2D eigenvalue weighted by molar-refractivity contribution is 0.0473. The zero-order valence-electron chi connectivity index (χ0n) is 14.4. The van der Waals surface area contributed by atoms with Gasteiger partial charge in [0.05, 0.1) is 15.8 Å². The Balaban J connectivity index is 1.72. The van der Waals surface area contributed by atoms with E-state index in [2.05, 4.69) is 23.2 Å². The molecule has 3 nitrogen and oxygen atoms in total. The highest BCUT2D eigenvalue weighted by molar-refractivity contribution is 7.20. The van der Waals surface area contributed by atoms with Gasteiger partial charge in [0, 0.05) is 0 Å². The molecule has 0 fully saturated rings. The maximum Gasteiger partial charge on any atom is 0.279 e. The van der Waals surface area contributed by atoms with Crippen LogP contribution < -0.4 is 4.74 Å². The van der Waals surface area contributed by atoms with Crippen LogP contribution in [0.1, 0.15) is 37.8 Å². The number of thiazole rings is 1. The van der Waals surface area contributed by atoms with Crippen molar-refractivity contribution in [2.24, 2.45) is 0 Å². The van der Waals surface area contributed by atoms with E-state index in [0.29, 0.717) is 5.19 Å². The summed E-state index contributed by atoms with van der Waals surface area (Å²) in [5.74, 6) is 0.833. The van der Waals surface area contributed by atoms with E-state index in [1.165, 1.54) is 5.56 Å². The van der Waals surface area contributed by atoms with Crippen LogP contribution in [0.2, 0.25) is 0 Å². The zero-order chi connectivity index (χ0) is 17.2. The molecule has 0 saturated carbocycles. The van der Waals surface area contributed by atoms with Crippen molar-refractivity contribution >= 4 is 21.6 Å². The second kappa shape index (κ2) is 6.91. The molecule has 0 spiro atoms. The van der Waals surface area contributed by atoms with Crippen LogP contribution in [0.5, 0.6) is 10.9 Å². The molecule has 0 amide bonds. The number of nitrogens with zero attached hydrogens (tertiary/aromatic N) is 1. The van der Waals surface area contributed by atoms with Crippen molar-refractivity contribution in [3.05, 3.63) is 53.6 Å². The fourth-order valence-electron chi connectivity index (χ4n) is 2.56. The number of fused-ring (bicyclic) bond motifs is 1. The van der Waals surface area contributed by atoms with Crippen LogP contribution in [0.3, 0.4) is 0 Å². The standard InChI is InChI=1S/C20H23NO2S/c1-4-20(3,22)12-11-15-9-10-17(14(2)13-15)23-19-21-16-7-5-6-8-18(16)24-19/h5-10,13,22H,4,11-12H2,1-3H3. The van der Waals surface area contributed by atoms with Crippen molar-refractivity contribution in [1.82, 2.24) is 4.98 Å². The van der Waals surface area contributed by atoms with Crippen molar-refractivity contribution in [2.45, 2.75) is 45.6 Å². The minimum atomic E-state index is -0.593. The number of ether oxygens (including phenoxy) is 1. The number of rotatable bonds is 6. The molecule has 0 bridgehead atoms. The van der Waals surface area contributed by atoms with Gasteiger partial charge in [-0.15, -0.1) is 0 Å². The van der Waals surface area contributed by atoms with Crippen LogP contribution in [0.25, 0.3) is 10.2 Å². The van der Waals surface area contributed by atoms with Crippen molar-refractivity contribution in [3.63, 3.8) is 0 Å². The Morgan fingerprint density at radius 2 is 2.00 bits per heavy atom. The summed E-state index contributed by atoms with van der Waals surface area (Å²) in [6.07, 6.45) is 2.40. The average molecular weight is 341 g/mol. The Labute approximate surface area is 146 Å². The monoisotopic (exact) mass is 341 g/mol. The van der Waals surface area contributed by atoms with E-state index in [-0.39, 0.29) is 0 Å². The van der Waals surface area contributed by atoms with Gasteiger partial charge in [-0.2, -0.15) is 0 Å². The fraction of sp³-hybridized carbons (Fsp3) is 0.350. The predicted molar refractivity (Wildman–Crippen MR) is 100 cm³/mol. The molecule has 0 aliphatic heterocycles. The molecular weight excluding hydrogens is 318 g/mol. The number of aliphatic hydroxyl groups is 1. The number of hydrogen-bond acceptors (Lipinski definition) is 4. The first-order chi connectivity index (χ1) is 11.5. The highest BCUT2D eigenvalue weighted by atomic mass is 32.1.